The molecule has 2 amide bonds. The number of H-pyrrole nitrogens is 2. The van der Waals surface area contributed by atoms with E-state index in [2.05, 4.69) is 20.5 Å². The molecule has 3 heterocycles. The van der Waals surface area contributed by atoms with Crippen molar-refractivity contribution in [3.05, 3.63) is 51.9 Å². The predicted octanol–water partition coefficient (Wildman–Crippen LogP) is 3.72. The smallest absolute Gasteiger partial charge is 0.270 e. The molecule has 30 heavy (non-hydrogen) atoms. The molecule has 0 saturated carbocycles. The number of nitrogens with one attached hydrogen (secondary N) is 3. The summed E-state index contributed by atoms with van der Waals surface area (Å²) in [5, 5.41) is 11.6. The van der Waals surface area contributed by atoms with E-state index in [4.69, 9.17) is 11.6 Å². The van der Waals surface area contributed by atoms with Gasteiger partial charge >= 0.3 is 0 Å². The van der Waals surface area contributed by atoms with Crippen molar-refractivity contribution in [2.75, 3.05) is 13.1 Å². The highest BCUT2D eigenvalue weighted by molar-refractivity contribution is 6.35. The summed E-state index contributed by atoms with van der Waals surface area (Å²) in [5.41, 5.74) is 3.53. The summed E-state index contributed by atoms with van der Waals surface area (Å²) in [5.74, 6) is -0.151. The van der Waals surface area contributed by atoms with Crippen LogP contribution in [0.2, 0.25) is 5.02 Å². The monoisotopic (exact) mass is 427 g/mol. The molecule has 1 aliphatic rings. The average Bonchev–Trinajstić information content (AvgIpc) is 3.30. The van der Waals surface area contributed by atoms with Crippen LogP contribution in [0.3, 0.4) is 0 Å². The topological polar surface area (TPSA) is 93.9 Å². The maximum atomic E-state index is 13.1. The highest BCUT2D eigenvalue weighted by Gasteiger charge is 2.39. The molecule has 0 radical (unpaired) electrons. The summed E-state index contributed by atoms with van der Waals surface area (Å²) in [6.45, 7) is 7.22. The Balaban J connectivity index is 1.47. The quantitative estimate of drug-likeness (QED) is 0.592. The molecular weight excluding hydrogens is 402 g/mol. The number of aryl methyl sites for hydroxylation is 2. The number of amides is 2. The largest absolute Gasteiger partial charge is 0.351 e. The molecule has 1 saturated heterocycles. The minimum Gasteiger partial charge on any atom is -0.351 e. The van der Waals surface area contributed by atoms with Crippen molar-refractivity contribution < 1.29 is 9.59 Å². The van der Waals surface area contributed by atoms with E-state index in [9.17, 15) is 9.59 Å². The standard InChI is InChI=1S/C22H26ClN5O2/c1-13-16(14(2)27-26-13)11-24-21(30)22(3)8-5-9-28(12-22)20(29)19-10-15-17(23)6-4-7-18(15)25-19/h4,6-7,10,25H,5,8-9,11-12H2,1-3H3,(H,24,30)(H,26,27)/t22-/m0/s1. The van der Waals surface area contributed by atoms with E-state index in [1.54, 1.807) is 17.0 Å². The minimum absolute atomic E-state index is 0.0420. The Morgan fingerprint density at radius 3 is 2.83 bits per heavy atom. The second-order valence-corrected chi connectivity index (χ2v) is 8.78. The summed E-state index contributed by atoms with van der Waals surface area (Å²) in [7, 11) is 0. The molecule has 1 fully saturated rings. The second-order valence-electron chi connectivity index (χ2n) is 8.37. The zero-order valence-corrected chi connectivity index (χ0v) is 18.2. The van der Waals surface area contributed by atoms with Crippen molar-refractivity contribution in [3.63, 3.8) is 0 Å². The summed E-state index contributed by atoms with van der Waals surface area (Å²) in [6, 6.07) is 7.33. The molecular formula is C22H26ClN5O2. The minimum atomic E-state index is -0.636. The van der Waals surface area contributed by atoms with Crippen molar-refractivity contribution in [1.82, 2.24) is 25.4 Å². The SMILES string of the molecule is Cc1n[nH]c(C)c1CNC(=O)[C@@]1(C)CCCN(C(=O)c2cc3c(Cl)cccc3[nH]2)C1. The number of aromatic amines is 2. The molecule has 1 aliphatic heterocycles. The van der Waals surface area contributed by atoms with Gasteiger partial charge in [0.25, 0.3) is 5.91 Å². The molecule has 0 bridgehead atoms. The fraction of sp³-hybridized carbons (Fsp3) is 0.409. The predicted molar refractivity (Wildman–Crippen MR) is 116 cm³/mol. The van der Waals surface area contributed by atoms with Crippen molar-refractivity contribution in [1.29, 1.82) is 0 Å². The van der Waals surface area contributed by atoms with Crippen molar-refractivity contribution >= 4 is 34.3 Å². The van der Waals surface area contributed by atoms with Crippen LogP contribution in [0.5, 0.6) is 0 Å². The van der Waals surface area contributed by atoms with Gasteiger partial charge in [0, 0.05) is 46.8 Å². The number of benzene rings is 1. The molecule has 2 aromatic heterocycles. The lowest BCUT2D eigenvalue weighted by Gasteiger charge is -2.39. The molecule has 7 nitrogen and oxygen atoms in total. The summed E-state index contributed by atoms with van der Waals surface area (Å²) in [4.78, 5) is 31.1. The lowest BCUT2D eigenvalue weighted by Crippen LogP contribution is -2.51. The van der Waals surface area contributed by atoms with Crippen LogP contribution in [0.1, 0.15) is 47.2 Å². The Kier molecular flexibility index (Phi) is 5.32. The number of hydrogen-bond acceptors (Lipinski definition) is 3. The normalized spacial score (nSPS) is 19.3. The molecule has 0 aliphatic carbocycles. The second kappa shape index (κ2) is 7.80. The fourth-order valence-electron chi connectivity index (χ4n) is 4.22. The molecule has 1 aromatic carbocycles. The van der Waals surface area contributed by atoms with Crippen LogP contribution in [0.25, 0.3) is 10.9 Å². The van der Waals surface area contributed by atoms with E-state index in [1.165, 1.54) is 0 Å². The zero-order chi connectivity index (χ0) is 21.5. The van der Waals surface area contributed by atoms with Gasteiger partial charge in [-0.25, -0.2) is 0 Å². The highest BCUT2D eigenvalue weighted by Crippen LogP contribution is 2.31. The Morgan fingerprint density at radius 2 is 2.13 bits per heavy atom. The van der Waals surface area contributed by atoms with Gasteiger partial charge in [-0.3, -0.25) is 14.7 Å². The number of halogens is 1. The number of carbonyl (C=O) groups excluding carboxylic acids is 2. The molecule has 3 N–H and O–H groups in total. The summed E-state index contributed by atoms with van der Waals surface area (Å²) < 4.78 is 0. The molecule has 158 valence electrons. The van der Waals surface area contributed by atoms with Gasteiger partial charge in [-0.1, -0.05) is 17.7 Å². The molecule has 8 heteroatoms. The van der Waals surface area contributed by atoms with Crippen molar-refractivity contribution in [3.8, 4) is 0 Å². The van der Waals surface area contributed by atoms with Crippen LogP contribution >= 0.6 is 11.6 Å². The summed E-state index contributed by atoms with van der Waals surface area (Å²) >= 11 is 6.24. The number of piperidine rings is 1. The van der Waals surface area contributed by atoms with Crippen LogP contribution < -0.4 is 5.32 Å². The zero-order valence-electron chi connectivity index (χ0n) is 17.4. The van der Waals surface area contributed by atoms with Gasteiger partial charge in [0.15, 0.2) is 0 Å². The first-order valence-electron chi connectivity index (χ1n) is 10.1. The first-order chi connectivity index (χ1) is 14.3. The van der Waals surface area contributed by atoms with Gasteiger partial charge in [-0.2, -0.15) is 5.10 Å². The molecule has 1 atom stereocenters. The lowest BCUT2D eigenvalue weighted by atomic mass is 9.80. The van der Waals surface area contributed by atoms with Gasteiger partial charge < -0.3 is 15.2 Å². The van der Waals surface area contributed by atoms with Gasteiger partial charge in [0.1, 0.15) is 5.69 Å². The van der Waals surface area contributed by atoms with E-state index in [0.717, 1.165) is 40.7 Å². The number of hydrogen-bond donors (Lipinski definition) is 3. The number of carbonyl (C=O) groups is 2. The third kappa shape index (κ3) is 3.69. The van der Waals surface area contributed by atoms with E-state index < -0.39 is 5.41 Å². The molecule has 3 aromatic rings. The number of likely N-dealkylation sites (tertiary alicyclic amines) is 1. The Bertz CT molecular complexity index is 1100. The van der Waals surface area contributed by atoms with Crippen LogP contribution in [-0.2, 0) is 11.3 Å². The van der Waals surface area contributed by atoms with Crippen molar-refractivity contribution in [2.24, 2.45) is 5.41 Å². The first-order valence-corrected chi connectivity index (χ1v) is 10.5. The third-order valence-electron chi connectivity index (χ3n) is 6.08. The Labute approximate surface area is 180 Å². The van der Waals surface area contributed by atoms with Crippen LogP contribution in [0.15, 0.2) is 24.3 Å². The summed E-state index contributed by atoms with van der Waals surface area (Å²) in [6.07, 6.45) is 1.52. The number of nitrogens with zero attached hydrogens (tertiary/aromatic N) is 2. The Morgan fingerprint density at radius 1 is 1.33 bits per heavy atom. The first kappa shape index (κ1) is 20.5. The van der Waals surface area contributed by atoms with Crippen LogP contribution in [-0.4, -0.2) is 45.0 Å². The number of rotatable bonds is 4. The fourth-order valence-corrected chi connectivity index (χ4v) is 4.45. The number of fused-ring (bicyclic) bond motifs is 1. The molecule has 0 spiro atoms. The molecule has 4 rings (SSSR count). The van der Waals surface area contributed by atoms with Crippen LogP contribution in [0, 0.1) is 19.3 Å². The van der Waals surface area contributed by atoms with Gasteiger partial charge in [-0.05, 0) is 51.8 Å². The number of aromatic nitrogens is 3. The van der Waals surface area contributed by atoms with Crippen LogP contribution in [0.4, 0.5) is 0 Å². The van der Waals surface area contributed by atoms with Gasteiger partial charge in [0.2, 0.25) is 5.91 Å². The Hall–Kier alpha value is -2.80. The average molecular weight is 428 g/mol. The maximum absolute atomic E-state index is 13.1. The third-order valence-corrected chi connectivity index (χ3v) is 6.41. The highest BCUT2D eigenvalue weighted by atomic mass is 35.5. The molecule has 0 unspecified atom stereocenters. The van der Waals surface area contributed by atoms with E-state index in [-0.39, 0.29) is 11.8 Å². The van der Waals surface area contributed by atoms with E-state index in [0.29, 0.717) is 30.4 Å². The van der Waals surface area contributed by atoms with Gasteiger partial charge in [0.05, 0.1) is 11.1 Å². The van der Waals surface area contributed by atoms with Gasteiger partial charge in [-0.15, -0.1) is 0 Å². The maximum Gasteiger partial charge on any atom is 0.270 e. The van der Waals surface area contributed by atoms with E-state index in [1.807, 2.05) is 32.9 Å². The van der Waals surface area contributed by atoms with E-state index >= 15 is 0 Å². The lowest BCUT2D eigenvalue weighted by molar-refractivity contribution is -0.132. The van der Waals surface area contributed by atoms with Crippen molar-refractivity contribution in [2.45, 2.75) is 40.2 Å².